The topological polar surface area (TPSA) is 36.0 Å². The maximum Gasteiger partial charge on any atom is 0.239 e. The van der Waals surface area contributed by atoms with E-state index in [9.17, 15) is 4.79 Å². The maximum atomic E-state index is 12.7. The van der Waals surface area contributed by atoms with Gasteiger partial charge in [0.05, 0.1) is 6.04 Å². The van der Waals surface area contributed by atoms with Gasteiger partial charge in [-0.3, -0.25) is 9.69 Å². The van der Waals surface area contributed by atoms with Crippen molar-refractivity contribution in [2.75, 3.05) is 60.0 Å². The van der Waals surface area contributed by atoms with E-state index in [1.165, 1.54) is 6.42 Å². The average molecular weight is 311 g/mol. The van der Waals surface area contributed by atoms with E-state index >= 15 is 0 Å². The number of ether oxygens (including phenoxy) is 1. The summed E-state index contributed by atoms with van der Waals surface area (Å²) in [5.74, 6) is 1.11. The molecule has 2 aliphatic rings. The molecule has 2 fully saturated rings. The fraction of sp³-hybridized carbons (Fsp3) is 0.941. The minimum atomic E-state index is 0.0405. The number of amides is 1. The highest BCUT2D eigenvalue weighted by Crippen LogP contribution is 2.23. The van der Waals surface area contributed by atoms with E-state index in [-0.39, 0.29) is 6.04 Å². The van der Waals surface area contributed by atoms with E-state index in [0.29, 0.717) is 5.91 Å². The van der Waals surface area contributed by atoms with Gasteiger partial charge in [-0.15, -0.1) is 0 Å². The Bertz CT molecular complexity index is 335. The lowest BCUT2D eigenvalue weighted by Crippen LogP contribution is -2.54. The van der Waals surface area contributed by atoms with Crippen molar-refractivity contribution in [3.05, 3.63) is 0 Å². The number of carbonyl (C=O) groups is 1. The smallest absolute Gasteiger partial charge is 0.239 e. The summed E-state index contributed by atoms with van der Waals surface area (Å²) in [7, 11) is 3.92. The van der Waals surface area contributed by atoms with Crippen molar-refractivity contribution in [3.8, 4) is 0 Å². The van der Waals surface area contributed by atoms with Gasteiger partial charge in [0.15, 0.2) is 0 Å². The zero-order valence-corrected chi connectivity index (χ0v) is 14.6. The van der Waals surface area contributed by atoms with E-state index in [1.807, 2.05) is 0 Å². The number of likely N-dealkylation sites (N-methyl/N-ethyl adjacent to an activating group) is 1. The predicted octanol–water partition coefficient (Wildman–Crippen LogP) is 1.29. The monoisotopic (exact) mass is 311 g/mol. The molecule has 0 N–H and O–H groups in total. The lowest BCUT2D eigenvalue weighted by atomic mass is 9.92. The van der Waals surface area contributed by atoms with E-state index < -0.39 is 0 Å². The minimum absolute atomic E-state index is 0.0405. The van der Waals surface area contributed by atoms with Crippen molar-refractivity contribution in [1.29, 1.82) is 0 Å². The molecule has 22 heavy (non-hydrogen) atoms. The molecule has 0 unspecified atom stereocenters. The third-order valence-corrected chi connectivity index (χ3v) is 5.33. The normalized spacial score (nSPS) is 23.7. The SMILES string of the molecule is COCCCC1CCN(C(=O)[C@H](C)N2CCN(C)CC2)CC1. The molecule has 1 amide bonds. The Balaban J connectivity index is 1.72. The van der Waals surface area contributed by atoms with Crippen LogP contribution in [-0.2, 0) is 9.53 Å². The molecule has 0 spiro atoms. The first-order chi connectivity index (χ1) is 10.6. The second kappa shape index (κ2) is 8.85. The molecule has 0 aromatic carbocycles. The summed E-state index contributed by atoms with van der Waals surface area (Å²) in [6, 6.07) is 0.0405. The Morgan fingerprint density at radius 3 is 2.36 bits per heavy atom. The van der Waals surface area contributed by atoms with E-state index in [0.717, 1.165) is 71.1 Å². The highest BCUT2D eigenvalue weighted by atomic mass is 16.5. The van der Waals surface area contributed by atoms with E-state index in [4.69, 9.17) is 4.74 Å². The quantitative estimate of drug-likeness (QED) is 0.693. The largest absolute Gasteiger partial charge is 0.385 e. The Labute approximate surface area is 135 Å². The molecule has 5 heteroatoms. The van der Waals surface area contributed by atoms with Gasteiger partial charge in [0.1, 0.15) is 0 Å². The Hall–Kier alpha value is -0.650. The first-order valence-electron chi connectivity index (χ1n) is 8.82. The van der Waals surface area contributed by atoms with Gasteiger partial charge in [-0.1, -0.05) is 0 Å². The number of piperazine rings is 1. The number of carbonyl (C=O) groups excluding carboxylic acids is 1. The standard InChI is InChI=1S/C17H33N3O2/c1-15(19-12-10-18(2)11-13-19)17(21)20-8-6-16(7-9-20)5-4-14-22-3/h15-16H,4-14H2,1-3H3/t15-/m0/s1. The van der Waals surface area contributed by atoms with Crippen molar-refractivity contribution in [3.63, 3.8) is 0 Å². The van der Waals surface area contributed by atoms with Crippen LogP contribution in [0.5, 0.6) is 0 Å². The molecule has 128 valence electrons. The van der Waals surface area contributed by atoms with Crippen molar-refractivity contribution in [2.45, 2.75) is 38.6 Å². The van der Waals surface area contributed by atoms with Gasteiger partial charge in [-0.25, -0.2) is 0 Å². The fourth-order valence-corrected chi connectivity index (χ4v) is 3.59. The van der Waals surface area contributed by atoms with Crippen LogP contribution >= 0.6 is 0 Å². The second-order valence-electron chi connectivity index (χ2n) is 6.92. The van der Waals surface area contributed by atoms with Gasteiger partial charge in [0.25, 0.3) is 0 Å². The molecule has 0 saturated carbocycles. The summed E-state index contributed by atoms with van der Waals surface area (Å²) in [6.45, 7) is 8.98. The van der Waals surface area contributed by atoms with Gasteiger partial charge >= 0.3 is 0 Å². The van der Waals surface area contributed by atoms with Crippen molar-refractivity contribution < 1.29 is 9.53 Å². The number of likely N-dealkylation sites (tertiary alicyclic amines) is 1. The molecule has 5 nitrogen and oxygen atoms in total. The summed E-state index contributed by atoms with van der Waals surface area (Å²) in [4.78, 5) is 19.5. The summed E-state index contributed by atoms with van der Waals surface area (Å²) >= 11 is 0. The van der Waals surface area contributed by atoms with Gasteiger partial charge in [0.2, 0.25) is 5.91 Å². The van der Waals surface area contributed by atoms with Crippen LogP contribution in [0, 0.1) is 5.92 Å². The van der Waals surface area contributed by atoms with Gasteiger partial charge in [-0.05, 0) is 45.6 Å². The Morgan fingerprint density at radius 2 is 1.77 bits per heavy atom. The average Bonchev–Trinajstić information content (AvgIpc) is 2.55. The molecule has 0 aromatic heterocycles. The third kappa shape index (κ3) is 4.93. The van der Waals surface area contributed by atoms with Crippen LogP contribution < -0.4 is 0 Å². The zero-order chi connectivity index (χ0) is 15.9. The van der Waals surface area contributed by atoms with Crippen molar-refractivity contribution >= 4 is 5.91 Å². The van der Waals surface area contributed by atoms with Gasteiger partial charge in [0, 0.05) is 53.0 Å². The van der Waals surface area contributed by atoms with Crippen molar-refractivity contribution in [2.24, 2.45) is 5.92 Å². The molecule has 0 aliphatic carbocycles. The zero-order valence-electron chi connectivity index (χ0n) is 14.6. The highest BCUT2D eigenvalue weighted by molar-refractivity contribution is 5.81. The molecule has 1 atom stereocenters. The van der Waals surface area contributed by atoms with Crippen LogP contribution in [0.1, 0.15) is 32.6 Å². The minimum Gasteiger partial charge on any atom is -0.385 e. The van der Waals surface area contributed by atoms with Crippen LogP contribution in [0.3, 0.4) is 0 Å². The molecular formula is C17H33N3O2. The molecule has 2 saturated heterocycles. The number of nitrogens with zero attached hydrogens (tertiary/aromatic N) is 3. The number of methoxy groups -OCH3 is 1. The van der Waals surface area contributed by atoms with Crippen LogP contribution in [0.4, 0.5) is 0 Å². The first kappa shape index (κ1) is 17.7. The Kier molecular flexibility index (Phi) is 7.12. The third-order valence-electron chi connectivity index (χ3n) is 5.33. The maximum absolute atomic E-state index is 12.7. The van der Waals surface area contributed by atoms with E-state index in [1.54, 1.807) is 7.11 Å². The fourth-order valence-electron chi connectivity index (χ4n) is 3.59. The number of hydrogen-bond acceptors (Lipinski definition) is 4. The van der Waals surface area contributed by atoms with Gasteiger partial charge < -0.3 is 14.5 Å². The van der Waals surface area contributed by atoms with Crippen LogP contribution in [-0.4, -0.2) is 86.7 Å². The summed E-state index contributed by atoms with van der Waals surface area (Å²) < 4.78 is 5.12. The number of hydrogen-bond donors (Lipinski definition) is 0. The predicted molar refractivity (Wildman–Crippen MR) is 88.9 cm³/mol. The molecular weight excluding hydrogens is 278 g/mol. The summed E-state index contributed by atoms with van der Waals surface area (Å²) in [5, 5.41) is 0. The van der Waals surface area contributed by atoms with Gasteiger partial charge in [-0.2, -0.15) is 0 Å². The summed E-state index contributed by atoms with van der Waals surface area (Å²) in [6.07, 6.45) is 4.70. The van der Waals surface area contributed by atoms with E-state index in [2.05, 4.69) is 28.7 Å². The first-order valence-corrected chi connectivity index (χ1v) is 8.82. The number of piperidine rings is 1. The van der Waals surface area contributed by atoms with Crippen LogP contribution in [0.2, 0.25) is 0 Å². The molecule has 0 aromatic rings. The number of rotatable bonds is 6. The molecule has 2 aliphatic heterocycles. The Morgan fingerprint density at radius 1 is 1.14 bits per heavy atom. The molecule has 2 heterocycles. The molecule has 0 radical (unpaired) electrons. The van der Waals surface area contributed by atoms with Crippen LogP contribution in [0.15, 0.2) is 0 Å². The summed E-state index contributed by atoms with van der Waals surface area (Å²) in [5.41, 5.74) is 0. The lowest BCUT2D eigenvalue weighted by Gasteiger charge is -2.39. The van der Waals surface area contributed by atoms with Crippen molar-refractivity contribution in [1.82, 2.24) is 14.7 Å². The molecule has 0 bridgehead atoms. The van der Waals surface area contributed by atoms with Crippen LogP contribution in [0.25, 0.3) is 0 Å². The lowest BCUT2D eigenvalue weighted by molar-refractivity contribution is -0.138. The highest BCUT2D eigenvalue weighted by Gasteiger charge is 2.30. The molecule has 2 rings (SSSR count). The second-order valence-corrected chi connectivity index (χ2v) is 6.92.